The Bertz CT molecular complexity index is 1310. The standard InChI is InChI=1S/C30H27NO5/c1-20(32)35-36-25-16-8-10-21(19-25)18-24-15-9-17-26-30(24,34-26)29-31-27(22-11-4-2-5-12-22)28(33-29)23-13-6-3-7-14-23/h2-8,10-14,16,19,24,26H,9,15,17-18H2,1H3/t24-,26-,30+/m0/s1. The first kappa shape index (κ1) is 22.6. The Morgan fingerprint density at radius 1 is 0.972 bits per heavy atom. The largest absolute Gasteiger partial charge is 0.437 e. The smallest absolute Gasteiger partial charge is 0.352 e. The number of carbonyl (C=O) groups is 1. The highest BCUT2D eigenvalue weighted by molar-refractivity contribution is 5.77. The predicted molar refractivity (Wildman–Crippen MR) is 134 cm³/mol. The minimum Gasteiger partial charge on any atom is -0.437 e. The van der Waals surface area contributed by atoms with Gasteiger partial charge in [0.15, 0.2) is 17.1 Å². The average molecular weight is 482 g/mol. The van der Waals surface area contributed by atoms with Gasteiger partial charge in [0, 0.05) is 24.0 Å². The molecule has 1 aromatic heterocycles. The number of hydrogen-bond acceptors (Lipinski definition) is 6. The molecule has 182 valence electrons. The summed E-state index contributed by atoms with van der Waals surface area (Å²) in [7, 11) is 0. The van der Waals surface area contributed by atoms with E-state index in [0.29, 0.717) is 11.6 Å². The van der Waals surface area contributed by atoms with Gasteiger partial charge in [-0.1, -0.05) is 79.2 Å². The molecule has 1 aliphatic carbocycles. The van der Waals surface area contributed by atoms with Crippen LogP contribution in [0.25, 0.3) is 22.6 Å². The lowest BCUT2D eigenvalue weighted by Gasteiger charge is -2.26. The maximum absolute atomic E-state index is 11.1. The van der Waals surface area contributed by atoms with Gasteiger partial charge in [-0.2, -0.15) is 0 Å². The molecule has 2 heterocycles. The average Bonchev–Trinajstić information content (AvgIpc) is 3.51. The topological polar surface area (TPSA) is 74.1 Å². The normalized spacial score (nSPS) is 22.5. The van der Waals surface area contributed by atoms with Crippen LogP contribution < -0.4 is 4.89 Å². The van der Waals surface area contributed by atoms with Gasteiger partial charge in [-0.15, -0.1) is 0 Å². The number of oxazole rings is 1. The van der Waals surface area contributed by atoms with Crippen molar-refractivity contribution in [3.63, 3.8) is 0 Å². The molecule has 1 aliphatic heterocycles. The number of epoxide rings is 1. The van der Waals surface area contributed by atoms with Crippen molar-refractivity contribution in [2.24, 2.45) is 5.92 Å². The number of hydrogen-bond donors (Lipinski definition) is 0. The van der Waals surface area contributed by atoms with Crippen LogP contribution in [-0.2, 0) is 26.4 Å². The van der Waals surface area contributed by atoms with Gasteiger partial charge < -0.3 is 9.15 Å². The first-order valence-electron chi connectivity index (χ1n) is 12.4. The molecular formula is C30H27NO5. The highest BCUT2D eigenvalue weighted by atomic mass is 17.2. The van der Waals surface area contributed by atoms with Gasteiger partial charge in [-0.25, -0.2) is 9.78 Å². The zero-order chi connectivity index (χ0) is 24.5. The van der Waals surface area contributed by atoms with Crippen molar-refractivity contribution in [1.82, 2.24) is 4.98 Å². The summed E-state index contributed by atoms with van der Waals surface area (Å²) >= 11 is 0. The molecule has 0 unspecified atom stereocenters. The van der Waals surface area contributed by atoms with E-state index in [-0.39, 0.29) is 12.0 Å². The van der Waals surface area contributed by atoms with Gasteiger partial charge in [0.2, 0.25) is 5.89 Å². The molecule has 3 aromatic carbocycles. The molecule has 0 N–H and O–H groups in total. The lowest BCUT2D eigenvalue weighted by molar-refractivity contribution is -0.210. The zero-order valence-electron chi connectivity index (χ0n) is 20.1. The molecule has 2 aliphatic rings. The third-order valence-corrected chi connectivity index (χ3v) is 7.06. The van der Waals surface area contributed by atoms with Crippen molar-refractivity contribution >= 4 is 5.97 Å². The fourth-order valence-corrected chi connectivity index (χ4v) is 5.39. The molecule has 0 radical (unpaired) electrons. The highest BCUT2D eigenvalue weighted by Gasteiger charge is 2.67. The van der Waals surface area contributed by atoms with Crippen LogP contribution in [0, 0.1) is 5.92 Å². The third kappa shape index (κ3) is 4.18. The third-order valence-electron chi connectivity index (χ3n) is 7.06. The number of aromatic nitrogens is 1. The molecule has 1 saturated carbocycles. The van der Waals surface area contributed by atoms with Crippen LogP contribution in [0.3, 0.4) is 0 Å². The Morgan fingerprint density at radius 3 is 2.47 bits per heavy atom. The van der Waals surface area contributed by atoms with Gasteiger partial charge in [0.1, 0.15) is 5.69 Å². The summed E-state index contributed by atoms with van der Waals surface area (Å²) in [6, 6.07) is 27.9. The molecule has 6 nitrogen and oxygen atoms in total. The Hall–Kier alpha value is -3.90. The monoisotopic (exact) mass is 481 g/mol. The van der Waals surface area contributed by atoms with Crippen molar-refractivity contribution < 1.29 is 23.7 Å². The Kier molecular flexibility index (Phi) is 5.82. The molecule has 0 spiro atoms. The molecule has 2 fully saturated rings. The highest BCUT2D eigenvalue weighted by Crippen LogP contribution is 2.59. The van der Waals surface area contributed by atoms with Crippen molar-refractivity contribution in [2.45, 2.75) is 44.3 Å². The number of fused-ring (bicyclic) bond motifs is 1. The lowest BCUT2D eigenvalue weighted by atomic mass is 9.75. The van der Waals surface area contributed by atoms with Gasteiger partial charge >= 0.3 is 5.97 Å². The summed E-state index contributed by atoms with van der Waals surface area (Å²) in [5, 5.41) is 0. The van der Waals surface area contributed by atoms with Crippen LogP contribution in [0.1, 0.15) is 37.6 Å². The number of benzene rings is 3. The number of carbonyl (C=O) groups excluding carboxylic acids is 1. The van der Waals surface area contributed by atoms with E-state index in [4.69, 9.17) is 23.9 Å². The molecule has 1 saturated heterocycles. The summed E-state index contributed by atoms with van der Waals surface area (Å²) < 4.78 is 13.0. The van der Waals surface area contributed by atoms with Crippen LogP contribution in [0.5, 0.6) is 5.75 Å². The van der Waals surface area contributed by atoms with E-state index >= 15 is 0 Å². The molecule has 6 heteroatoms. The van der Waals surface area contributed by atoms with Crippen molar-refractivity contribution in [2.75, 3.05) is 0 Å². The van der Waals surface area contributed by atoms with E-state index < -0.39 is 11.6 Å². The van der Waals surface area contributed by atoms with E-state index in [0.717, 1.165) is 53.8 Å². The van der Waals surface area contributed by atoms with E-state index in [1.807, 2.05) is 60.7 Å². The molecule has 3 atom stereocenters. The summed E-state index contributed by atoms with van der Waals surface area (Å²) in [4.78, 5) is 26.1. The number of rotatable bonds is 7. The second-order valence-electron chi connectivity index (χ2n) is 9.47. The molecule has 6 rings (SSSR count). The molecular weight excluding hydrogens is 454 g/mol. The second kappa shape index (κ2) is 9.28. The quantitative estimate of drug-likeness (QED) is 0.170. The molecule has 36 heavy (non-hydrogen) atoms. The van der Waals surface area contributed by atoms with Crippen LogP contribution in [0.2, 0.25) is 0 Å². The van der Waals surface area contributed by atoms with Crippen molar-refractivity contribution in [1.29, 1.82) is 0 Å². The van der Waals surface area contributed by atoms with E-state index in [1.54, 1.807) is 6.07 Å². The summed E-state index contributed by atoms with van der Waals surface area (Å²) in [5.41, 5.74) is 3.38. The Labute approximate surface area is 209 Å². The number of nitrogens with zero attached hydrogens (tertiary/aromatic N) is 1. The maximum atomic E-state index is 11.1. The van der Waals surface area contributed by atoms with Crippen molar-refractivity contribution in [3.05, 3.63) is 96.4 Å². The Morgan fingerprint density at radius 2 is 1.72 bits per heavy atom. The van der Waals surface area contributed by atoms with Crippen molar-refractivity contribution in [3.8, 4) is 28.3 Å². The molecule has 0 bridgehead atoms. The second-order valence-corrected chi connectivity index (χ2v) is 9.47. The fraction of sp³-hybridized carbons (Fsp3) is 0.267. The minimum atomic E-state index is -0.540. The van der Waals surface area contributed by atoms with Crippen LogP contribution >= 0.6 is 0 Å². The molecule has 0 amide bonds. The number of ether oxygens (including phenoxy) is 1. The maximum Gasteiger partial charge on any atom is 0.352 e. The predicted octanol–water partition coefficient (Wildman–Crippen LogP) is 6.50. The first-order chi connectivity index (χ1) is 17.6. The summed E-state index contributed by atoms with van der Waals surface area (Å²) in [6.07, 6.45) is 3.98. The SMILES string of the molecule is CC(=O)OOc1cccc(C[C@@H]2CCC[C@@H]3O[C@]23c2nc(-c3ccccc3)c(-c3ccccc3)o2)c1. The van der Waals surface area contributed by atoms with E-state index in [2.05, 4.69) is 18.2 Å². The van der Waals surface area contributed by atoms with Gasteiger partial charge in [-0.3, -0.25) is 9.78 Å². The molecule has 4 aromatic rings. The van der Waals surface area contributed by atoms with Crippen LogP contribution in [0.4, 0.5) is 0 Å². The van der Waals surface area contributed by atoms with Gasteiger partial charge in [0.25, 0.3) is 0 Å². The fourth-order valence-electron chi connectivity index (χ4n) is 5.39. The minimum absolute atomic E-state index is 0.0997. The Balaban J connectivity index is 1.35. The van der Waals surface area contributed by atoms with Gasteiger partial charge in [-0.05, 0) is 37.0 Å². The summed E-state index contributed by atoms with van der Waals surface area (Å²) in [5.74, 6) is 1.62. The summed E-state index contributed by atoms with van der Waals surface area (Å²) in [6.45, 7) is 1.31. The first-order valence-corrected chi connectivity index (χ1v) is 12.4. The zero-order valence-corrected chi connectivity index (χ0v) is 20.1. The van der Waals surface area contributed by atoms with E-state index in [1.165, 1.54) is 6.92 Å². The van der Waals surface area contributed by atoms with Crippen LogP contribution in [0.15, 0.2) is 89.3 Å². The van der Waals surface area contributed by atoms with Gasteiger partial charge in [0.05, 0.1) is 6.10 Å². The van der Waals surface area contributed by atoms with E-state index in [9.17, 15) is 4.79 Å². The van der Waals surface area contributed by atoms with Crippen LogP contribution in [-0.4, -0.2) is 17.1 Å². The lowest BCUT2D eigenvalue weighted by Crippen LogP contribution is -2.30.